The molecule has 3 rings (SSSR count). The second-order valence-corrected chi connectivity index (χ2v) is 7.23. The second kappa shape index (κ2) is 6.52. The van der Waals surface area contributed by atoms with Crippen LogP contribution in [0.2, 0.25) is 0 Å². The van der Waals surface area contributed by atoms with Gasteiger partial charge in [0.05, 0.1) is 17.0 Å². The highest BCUT2D eigenvalue weighted by Gasteiger charge is 2.20. The Kier molecular flexibility index (Phi) is 4.41. The van der Waals surface area contributed by atoms with Crippen molar-refractivity contribution in [3.63, 3.8) is 0 Å². The fraction of sp³-hybridized carbons (Fsp3) is 0.188. The van der Waals surface area contributed by atoms with Crippen molar-refractivity contribution in [1.29, 1.82) is 0 Å². The molecule has 9 heteroatoms. The zero-order valence-corrected chi connectivity index (χ0v) is 14.4. The number of carbonyl (C=O) groups is 1. The van der Waals surface area contributed by atoms with Crippen LogP contribution in [0.3, 0.4) is 0 Å². The lowest BCUT2D eigenvalue weighted by molar-refractivity contribution is 0.0946. The fourth-order valence-corrected chi connectivity index (χ4v) is 3.72. The second-order valence-electron chi connectivity index (χ2n) is 5.42. The Morgan fingerprint density at radius 2 is 2.00 bits per heavy atom. The minimum absolute atomic E-state index is 0.0649. The van der Waals surface area contributed by atoms with Gasteiger partial charge >= 0.3 is 0 Å². The van der Waals surface area contributed by atoms with Gasteiger partial charge in [-0.15, -0.1) is 0 Å². The zero-order chi connectivity index (χ0) is 18.0. The lowest BCUT2D eigenvalue weighted by Gasteiger charge is -2.08. The number of amides is 1. The normalized spacial score (nSPS) is 11.4. The minimum Gasteiger partial charge on any atom is -0.343 e. The van der Waals surface area contributed by atoms with Crippen LogP contribution >= 0.6 is 0 Å². The van der Waals surface area contributed by atoms with Crippen LogP contribution < -0.4 is 5.32 Å². The fourth-order valence-electron chi connectivity index (χ4n) is 2.29. The van der Waals surface area contributed by atoms with Gasteiger partial charge < -0.3 is 9.84 Å². The lowest BCUT2D eigenvalue weighted by Crippen LogP contribution is -2.22. The molecule has 0 atom stereocenters. The number of carbonyl (C=O) groups excluding carboxylic acids is 1. The van der Waals surface area contributed by atoms with Crippen molar-refractivity contribution in [2.24, 2.45) is 0 Å². The van der Waals surface area contributed by atoms with Crippen LogP contribution in [-0.2, 0) is 16.6 Å². The van der Waals surface area contributed by atoms with Gasteiger partial charge in [-0.3, -0.25) is 4.79 Å². The summed E-state index contributed by atoms with van der Waals surface area (Å²) in [6, 6.07) is 8.11. The largest absolute Gasteiger partial charge is 0.343 e. The molecular weight excluding hydrogens is 344 g/mol. The summed E-state index contributed by atoms with van der Waals surface area (Å²) in [4.78, 5) is 16.3. The molecule has 0 bridgehead atoms. The van der Waals surface area contributed by atoms with Gasteiger partial charge in [0.2, 0.25) is 5.89 Å². The molecule has 8 nitrogen and oxygen atoms in total. The van der Waals surface area contributed by atoms with Crippen LogP contribution in [0.1, 0.15) is 27.6 Å². The van der Waals surface area contributed by atoms with Gasteiger partial charge in [0.15, 0.2) is 5.82 Å². The molecule has 0 aliphatic heterocycles. The third-order valence-electron chi connectivity index (χ3n) is 3.55. The maximum atomic E-state index is 12.7. The number of aromatic nitrogens is 3. The van der Waals surface area contributed by atoms with Crippen molar-refractivity contribution in [3.05, 3.63) is 65.6 Å². The Bertz CT molecular complexity index is 1020. The predicted octanol–water partition coefficient (Wildman–Crippen LogP) is 1.65. The molecule has 25 heavy (non-hydrogen) atoms. The van der Waals surface area contributed by atoms with E-state index in [0.29, 0.717) is 11.4 Å². The van der Waals surface area contributed by atoms with Crippen LogP contribution in [0.25, 0.3) is 0 Å². The summed E-state index contributed by atoms with van der Waals surface area (Å²) in [5.74, 6) is 0.312. The Balaban J connectivity index is 1.77. The van der Waals surface area contributed by atoms with Crippen LogP contribution in [-0.4, -0.2) is 28.4 Å². The van der Waals surface area contributed by atoms with Gasteiger partial charge in [-0.2, -0.15) is 4.98 Å². The number of rotatable bonds is 5. The molecule has 0 radical (unpaired) electrons. The third kappa shape index (κ3) is 3.45. The molecule has 0 spiro atoms. The van der Waals surface area contributed by atoms with Crippen molar-refractivity contribution in [3.8, 4) is 0 Å². The van der Waals surface area contributed by atoms with E-state index in [4.69, 9.17) is 4.52 Å². The standard InChI is InChI=1S/C16H16N4O4S/c1-11-5-3-4-6-14(11)25(22,23)20-8-7-13(10-20)16(21)17-9-15-18-12(2)19-24-15/h3-8,10H,9H2,1-2H3,(H,17,21). The molecule has 2 heterocycles. The molecule has 0 saturated heterocycles. The number of nitrogens with zero attached hydrogens (tertiary/aromatic N) is 3. The van der Waals surface area contributed by atoms with Crippen LogP contribution in [0.15, 0.2) is 52.1 Å². The van der Waals surface area contributed by atoms with Gasteiger partial charge in [0, 0.05) is 12.4 Å². The van der Waals surface area contributed by atoms with Gasteiger partial charge in [0.25, 0.3) is 15.9 Å². The highest BCUT2D eigenvalue weighted by atomic mass is 32.2. The van der Waals surface area contributed by atoms with Crippen LogP contribution in [0.4, 0.5) is 0 Å². The first-order valence-electron chi connectivity index (χ1n) is 7.44. The highest BCUT2D eigenvalue weighted by Crippen LogP contribution is 2.18. The molecule has 0 saturated carbocycles. The van der Waals surface area contributed by atoms with E-state index in [0.717, 1.165) is 3.97 Å². The van der Waals surface area contributed by atoms with E-state index in [2.05, 4.69) is 15.5 Å². The van der Waals surface area contributed by atoms with Gasteiger partial charge in [-0.25, -0.2) is 12.4 Å². The van der Waals surface area contributed by atoms with E-state index in [-0.39, 0.29) is 22.9 Å². The topological polar surface area (TPSA) is 107 Å². The summed E-state index contributed by atoms with van der Waals surface area (Å²) < 4.78 is 31.3. The molecule has 1 N–H and O–H groups in total. The quantitative estimate of drug-likeness (QED) is 0.741. The molecule has 0 aliphatic carbocycles. The minimum atomic E-state index is -3.75. The van der Waals surface area contributed by atoms with E-state index in [1.807, 2.05) is 0 Å². The molecule has 130 valence electrons. The molecule has 1 amide bonds. The number of hydrogen-bond acceptors (Lipinski definition) is 6. The van der Waals surface area contributed by atoms with E-state index >= 15 is 0 Å². The van der Waals surface area contributed by atoms with E-state index in [9.17, 15) is 13.2 Å². The summed E-state index contributed by atoms with van der Waals surface area (Å²) in [5, 5.41) is 6.23. The first-order valence-corrected chi connectivity index (χ1v) is 8.88. The Morgan fingerprint density at radius 3 is 2.68 bits per heavy atom. The molecule has 0 fully saturated rings. The summed E-state index contributed by atoms with van der Waals surface area (Å²) >= 11 is 0. The zero-order valence-electron chi connectivity index (χ0n) is 13.6. The van der Waals surface area contributed by atoms with Gasteiger partial charge in [-0.05, 0) is 31.5 Å². The first kappa shape index (κ1) is 16.9. The predicted molar refractivity (Wildman–Crippen MR) is 88.4 cm³/mol. The van der Waals surface area contributed by atoms with Gasteiger partial charge in [0.1, 0.15) is 0 Å². The van der Waals surface area contributed by atoms with Crippen molar-refractivity contribution in [2.45, 2.75) is 25.3 Å². The maximum absolute atomic E-state index is 12.7. The van der Waals surface area contributed by atoms with E-state index < -0.39 is 15.9 Å². The SMILES string of the molecule is Cc1noc(CNC(=O)c2ccn(S(=O)(=O)c3ccccc3C)c2)n1. The van der Waals surface area contributed by atoms with Crippen molar-refractivity contribution < 1.29 is 17.7 Å². The molecule has 0 aliphatic rings. The molecule has 0 unspecified atom stereocenters. The summed E-state index contributed by atoms with van der Waals surface area (Å²) in [7, 11) is -3.75. The van der Waals surface area contributed by atoms with Crippen molar-refractivity contribution >= 4 is 15.9 Å². The smallest absolute Gasteiger partial charge is 0.267 e. The number of benzene rings is 1. The average Bonchev–Trinajstić information content (AvgIpc) is 3.22. The monoisotopic (exact) mass is 360 g/mol. The van der Waals surface area contributed by atoms with Crippen molar-refractivity contribution in [2.75, 3.05) is 0 Å². The molecule has 1 aromatic carbocycles. The van der Waals surface area contributed by atoms with E-state index in [1.54, 1.807) is 32.0 Å². The summed E-state index contributed by atoms with van der Waals surface area (Å²) in [6.07, 6.45) is 2.61. The number of aryl methyl sites for hydroxylation is 2. The number of nitrogens with one attached hydrogen (secondary N) is 1. The Labute approximate surface area is 144 Å². The average molecular weight is 360 g/mol. The lowest BCUT2D eigenvalue weighted by atomic mass is 10.2. The highest BCUT2D eigenvalue weighted by molar-refractivity contribution is 7.90. The Morgan fingerprint density at radius 1 is 1.24 bits per heavy atom. The summed E-state index contributed by atoms with van der Waals surface area (Å²) in [6.45, 7) is 3.46. The van der Waals surface area contributed by atoms with Crippen LogP contribution in [0.5, 0.6) is 0 Å². The molecular formula is C16H16N4O4S. The number of hydrogen-bond donors (Lipinski definition) is 1. The van der Waals surface area contributed by atoms with Crippen LogP contribution in [0, 0.1) is 13.8 Å². The molecule has 3 aromatic rings. The summed E-state index contributed by atoms with van der Waals surface area (Å²) in [5.41, 5.74) is 0.849. The van der Waals surface area contributed by atoms with E-state index in [1.165, 1.54) is 24.5 Å². The van der Waals surface area contributed by atoms with Gasteiger partial charge in [-0.1, -0.05) is 23.4 Å². The Hall–Kier alpha value is -2.94. The first-order chi connectivity index (χ1) is 11.9. The molecule has 2 aromatic heterocycles. The third-order valence-corrected chi connectivity index (χ3v) is 5.34. The van der Waals surface area contributed by atoms with Crippen molar-refractivity contribution in [1.82, 2.24) is 19.4 Å². The maximum Gasteiger partial charge on any atom is 0.267 e.